The Bertz CT molecular complexity index is 576. The molecule has 0 aromatic heterocycles. The van der Waals surface area contributed by atoms with Crippen molar-refractivity contribution in [3.05, 3.63) is 35.4 Å². The fourth-order valence-electron chi connectivity index (χ4n) is 1.64. The van der Waals surface area contributed by atoms with Crippen molar-refractivity contribution >= 4 is 17.7 Å². The number of hydrogen-bond donors (Lipinski definition) is 2. The van der Waals surface area contributed by atoms with Crippen LogP contribution in [0.15, 0.2) is 24.3 Å². The monoisotopic (exact) mass is 306 g/mol. The van der Waals surface area contributed by atoms with E-state index in [1.165, 1.54) is 13.0 Å². The lowest BCUT2D eigenvalue weighted by atomic mass is 10.1. The molecule has 0 saturated carbocycles. The largest absolute Gasteiger partial charge is 0.459 e. The maximum Gasteiger partial charge on any atom is 0.325 e. The molecule has 0 aliphatic heterocycles. The van der Waals surface area contributed by atoms with Gasteiger partial charge in [-0.2, -0.15) is 0 Å². The Morgan fingerprint density at radius 1 is 1.23 bits per heavy atom. The molecular weight excluding hydrogens is 284 g/mol. The first-order valence-electron chi connectivity index (χ1n) is 6.98. The highest BCUT2D eigenvalue weighted by Gasteiger charge is 2.22. The molecule has 1 aromatic carbocycles. The van der Waals surface area contributed by atoms with Gasteiger partial charge in [0, 0.05) is 17.7 Å². The lowest BCUT2D eigenvalue weighted by Crippen LogP contribution is -2.45. The number of rotatable bonds is 5. The van der Waals surface area contributed by atoms with Crippen LogP contribution in [-0.2, 0) is 9.53 Å². The van der Waals surface area contributed by atoms with Crippen molar-refractivity contribution < 1.29 is 19.1 Å². The molecule has 0 heterocycles. The fraction of sp³-hybridized carbons (Fsp3) is 0.438. The molecule has 22 heavy (non-hydrogen) atoms. The summed E-state index contributed by atoms with van der Waals surface area (Å²) in [5.74, 6) is -1.10. The van der Waals surface area contributed by atoms with E-state index in [4.69, 9.17) is 10.5 Å². The molecule has 0 fully saturated rings. The number of carbonyl (C=O) groups is 3. The minimum atomic E-state index is -0.945. The van der Waals surface area contributed by atoms with Gasteiger partial charge in [-0.3, -0.25) is 14.4 Å². The molecule has 0 saturated heterocycles. The van der Waals surface area contributed by atoms with Gasteiger partial charge in [0.1, 0.15) is 11.6 Å². The van der Waals surface area contributed by atoms with Crippen molar-refractivity contribution in [2.24, 2.45) is 5.73 Å². The molecule has 0 bridgehead atoms. The summed E-state index contributed by atoms with van der Waals surface area (Å²) >= 11 is 0. The highest BCUT2D eigenvalue weighted by Crippen LogP contribution is 2.08. The van der Waals surface area contributed by atoms with E-state index in [0.717, 1.165) is 0 Å². The van der Waals surface area contributed by atoms with E-state index in [1.807, 2.05) is 0 Å². The molecule has 0 aliphatic rings. The van der Waals surface area contributed by atoms with Crippen molar-refractivity contribution in [1.29, 1.82) is 0 Å². The average Bonchev–Trinajstić information content (AvgIpc) is 2.42. The van der Waals surface area contributed by atoms with Gasteiger partial charge in [-0.25, -0.2) is 0 Å². The van der Waals surface area contributed by atoms with Gasteiger partial charge < -0.3 is 15.8 Å². The first kappa shape index (κ1) is 17.8. The second kappa shape index (κ2) is 7.17. The number of ketones is 1. The molecule has 6 nitrogen and oxygen atoms in total. The molecule has 1 unspecified atom stereocenters. The zero-order valence-electron chi connectivity index (χ0n) is 13.3. The Hall–Kier alpha value is -2.21. The number of nitrogens with two attached hydrogens (primary N) is 1. The standard InChI is InChI=1S/C16H22N2O4/c1-10(19)11-6-5-7-12(8-11)14(20)18-9-13(17)15(21)22-16(2,3)4/h5-8,13H,9,17H2,1-4H3,(H,18,20). The van der Waals surface area contributed by atoms with Gasteiger partial charge in [-0.15, -0.1) is 0 Å². The van der Waals surface area contributed by atoms with E-state index >= 15 is 0 Å². The molecule has 1 aromatic rings. The SMILES string of the molecule is CC(=O)c1cccc(C(=O)NCC(N)C(=O)OC(C)(C)C)c1. The normalized spacial score (nSPS) is 12.4. The Balaban J connectivity index is 2.61. The third kappa shape index (κ3) is 5.65. The van der Waals surface area contributed by atoms with Gasteiger partial charge in [0.05, 0.1) is 0 Å². The smallest absolute Gasteiger partial charge is 0.325 e. The van der Waals surface area contributed by atoms with Gasteiger partial charge >= 0.3 is 5.97 Å². The topological polar surface area (TPSA) is 98.5 Å². The first-order chi connectivity index (χ1) is 10.1. The van der Waals surface area contributed by atoms with Crippen LogP contribution < -0.4 is 11.1 Å². The second-order valence-electron chi connectivity index (χ2n) is 5.99. The molecule has 0 aliphatic carbocycles. The van der Waals surface area contributed by atoms with Crippen LogP contribution in [0.2, 0.25) is 0 Å². The molecule has 6 heteroatoms. The molecular formula is C16H22N2O4. The summed E-state index contributed by atoms with van der Waals surface area (Å²) in [4.78, 5) is 35.0. The molecule has 1 amide bonds. The second-order valence-corrected chi connectivity index (χ2v) is 5.99. The zero-order valence-corrected chi connectivity index (χ0v) is 13.3. The Morgan fingerprint density at radius 2 is 1.82 bits per heavy atom. The van der Waals surface area contributed by atoms with E-state index in [-0.39, 0.29) is 12.3 Å². The summed E-state index contributed by atoms with van der Waals surface area (Å²) in [6.07, 6.45) is 0. The van der Waals surface area contributed by atoms with Gasteiger partial charge in [-0.1, -0.05) is 12.1 Å². The molecule has 120 valence electrons. The van der Waals surface area contributed by atoms with Crippen molar-refractivity contribution in [2.45, 2.75) is 39.3 Å². The van der Waals surface area contributed by atoms with E-state index in [0.29, 0.717) is 11.1 Å². The minimum absolute atomic E-state index is 0.0436. The number of amides is 1. The van der Waals surface area contributed by atoms with E-state index in [2.05, 4.69) is 5.32 Å². The summed E-state index contributed by atoms with van der Waals surface area (Å²) in [7, 11) is 0. The van der Waals surface area contributed by atoms with Crippen molar-refractivity contribution in [3.63, 3.8) is 0 Å². The average molecular weight is 306 g/mol. The number of nitrogens with one attached hydrogen (secondary N) is 1. The molecule has 1 atom stereocenters. The molecule has 0 radical (unpaired) electrons. The van der Waals surface area contributed by atoms with Crippen LogP contribution in [0.25, 0.3) is 0 Å². The number of hydrogen-bond acceptors (Lipinski definition) is 5. The third-order valence-corrected chi connectivity index (χ3v) is 2.72. The van der Waals surface area contributed by atoms with Crippen LogP contribution in [0, 0.1) is 0 Å². The Labute approximate surface area is 130 Å². The molecule has 3 N–H and O–H groups in total. The number of ether oxygens (including phenoxy) is 1. The highest BCUT2D eigenvalue weighted by atomic mass is 16.6. The van der Waals surface area contributed by atoms with Crippen molar-refractivity contribution in [2.75, 3.05) is 6.54 Å². The molecule has 0 spiro atoms. The first-order valence-corrected chi connectivity index (χ1v) is 6.98. The Morgan fingerprint density at radius 3 is 2.36 bits per heavy atom. The maximum atomic E-state index is 12.0. The van der Waals surface area contributed by atoms with E-state index in [9.17, 15) is 14.4 Å². The zero-order chi connectivity index (χ0) is 16.9. The van der Waals surface area contributed by atoms with Gasteiger partial charge in [0.25, 0.3) is 5.91 Å². The Kier molecular flexibility index (Phi) is 5.82. The van der Waals surface area contributed by atoms with Gasteiger partial charge in [0.15, 0.2) is 5.78 Å². The van der Waals surface area contributed by atoms with Crippen LogP contribution in [-0.4, -0.2) is 35.8 Å². The predicted octanol–water partition coefficient (Wildman–Crippen LogP) is 1.29. The highest BCUT2D eigenvalue weighted by molar-refractivity contribution is 5.99. The molecule has 1 rings (SSSR count). The summed E-state index contributed by atoms with van der Waals surface area (Å²) in [6.45, 7) is 6.60. The summed E-state index contributed by atoms with van der Waals surface area (Å²) < 4.78 is 5.13. The third-order valence-electron chi connectivity index (χ3n) is 2.72. The lowest BCUT2D eigenvalue weighted by molar-refractivity contribution is -0.156. The van der Waals surface area contributed by atoms with E-state index in [1.54, 1.807) is 39.0 Å². The summed E-state index contributed by atoms with van der Waals surface area (Å²) in [5, 5.41) is 2.56. The maximum absolute atomic E-state index is 12.0. The minimum Gasteiger partial charge on any atom is -0.459 e. The number of benzene rings is 1. The van der Waals surface area contributed by atoms with E-state index < -0.39 is 23.5 Å². The van der Waals surface area contributed by atoms with Crippen LogP contribution >= 0.6 is 0 Å². The van der Waals surface area contributed by atoms with Crippen molar-refractivity contribution in [1.82, 2.24) is 5.32 Å². The van der Waals surface area contributed by atoms with Crippen LogP contribution in [0.1, 0.15) is 48.4 Å². The number of Topliss-reactive ketones (excluding diaryl/α,β-unsaturated/α-hetero) is 1. The fourth-order valence-corrected chi connectivity index (χ4v) is 1.64. The van der Waals surface area contributed by atoms with Crippen LogP contribution in [0.5, 0.6) is 0 Å². The number of esters is 1. The number of carbonyl (C=O) groups excluding carboxylic acids is 3. The quantitative estimate of drug-likeness (QED) is 0.631. The summed E-state index contributed by atoms with van der Waals surface area (Å²) in [6, 6.07) is 5.39. The van der Waals surface area contributed by atoms with Gasteiger partial charge in [0.2, 0.25) is 0 Å². The van der Waals surface area contributed by atoms with Crippen LogP contribution in [0.4, 0.5) is 0 Å². The lowest BCUT2D eigenvalue weighted by Gasteiger charge is -2.22. The van der Waals surface area contributed by atoms with Gasteiger partial charge in [-0.05, 0) is 39.8 Å². The van der Waals surface area contributed by atoms with Crippen LogP contribution in [0.3, 0.4) is 0 Å². The van der Waals surface area contributed by atoms with Crippen molar-refractivity contribution in [3.8, 4) is 0 Å². The summed E-state index contributed by atoms with van der Waals surface area (Å²) in [5.41, 5.74) is 5.84. The predicted molar refractivity (Wildman–Crippen MR) is 82.6 cm³/mol.